The Hall–Kier alpha value is -2.37. The molecule has 1 heterocycles. The SMILES string of the molecule is CN(CC(=O)OC(C)(C)C)C(=O)C1CC2CCCCC2N1C(=O)c1ccccc1. The number of likely N-dealkylation sites (tertiary alicyclic amines) is 1. The van der Waals surface area contributed by atoms with Gasteiger partial charge in [0.25, 0.3) is 5.91 Å². The first kappa shape index (κ1) is 21.3. The summed E-state index contributed by atoms with van der Waals surface area (Å²) in [5.41, 5.74) is 0.00444. The molecule has 1 saturated heterocycles. The van der Waals surface area contributed by atoms with Gasteiger partial charge in [-0.25, -0.2) is 0 Å². The zero-order chi connectivity index (χ0) is 21.2. The molecule has 6 heteroatoms. The molecule has 3 atom stereocenters. The van der Waals surface area contributed by atoms with E-state index in [0.717, 1.165) is 25.7 Å². The number of hydrogen-bond acceptors (Lipinski definition) is 4. The molecule has 0 aromatic heterocycles. The monoisotopic (exact) mass is 400 g/mol. The van der Waals surface area contributed by atoms with Crippen molar-refractivity contribution in [3.8, 4) is 0 Å². The van der Waals surface area contributed by atoms with Crippen LogP contribution in [-0.4, -0.2) is 58.9 Å². The van der Waals surface area contributed by atoms with E-state index in [9.17, 15) is 14.4 Å². The zero-order valence-electron chi connectivity index (χ0n) is 17.9. The van der Waals surface area contributed by atoms with E-state index in [-0.39, 0.29) is 24.4 Å². The highest BCUT2D eigenvalue weighted by Crippen LogP contribution is 2.41. The molecule has 3 rings (SSSR count). The van der Waals surface area contributed by atoms with E-state index in [2.05, 4.69) is 0 Å². The lowest BCUT2D eigenvalue weighted by atomic mass is 9.84. The van der Waals surface area contributed by atoms with Crippen LogP contribution in [0.5, 0.6) is 0 Å². The first-order valence-electron chi connectivity index (χ1n) is 10.5. The maximum absolute atomic E-state index is 13.3. The molecule has 0 radical (unpaired) electrons. The van der Waals surface area contributed by atoms with E-state index in [1.54, 1.807) is 44.9 Å². The lowest BCUT2D eigenvalue weighted by molar-refractivity contribution is -0.158. The first-order chi connectivity index (χ1) is 13.7. The minimum absolute atomic E-state index is 0.0935. The molecule has 0 N–H and O–H groups in total. The lowest BCUT2D eigenvalue weighted by Gasteiger charge is -2.34. The summed E-state index contributed by atoms with van der Waals surface area (Å²) in [7, 11) is 1.61. The van der Waals surface area contributed by atoms with Crippen LogP contribution in [0.3, 0.4) is 0 Å². The van der Waals surface area contributed by atoms with Crippen molar-refractivity contribution in [1.29, 1.82) is 0 Å². The van der Waals surface area contributed by atoms with Gasteiger partial charge >= 0.3 is 5.97 Å². The van der Waals surface area contributed by atoms with Gasteiger partial charge in [0.05, 0.1) is 0 Å². The summed E-state index contributed by atoms with van der Waals surface area (Å²) in [6, 6.07) is 8.72. The Morgan fingerprint density at radius 2 is 1.76 bits per heavy atom. The van der Waals surface area contributed by atoms with Gasteiger partial charge in [-0.15, -0.1) is 0 Å². The normalized spacial score (nSPS) is 24.0. The Labute approximate surface area is 173 Å². The van der Waals surface area contributed by atoms with E-state index in [1.807, 2.05) is 18.2 Å². The van der Waals surface area contributed by atoms with Crippen LogP contribution in [-0.2, 0) is 14.3 Å². The summed E-state index contributed by atoms with van der Waals surface area (Å²) < 4.78 is 5.35. The molecule has 1 aromatic carbocycles. The summed E-state index contributed by atoms with van der Waals surface area (Å²) in [5.74, 6) is -0.372. The third-order valence-electron chi connectivity index (χ3n) is 5.79. The maximum Gasteiger partial charge on any atom is 0.326 e. The molecule has 29 heavy (non-hydrogen) atoms. The van der Waals surface area contributed by atoms with Crippen LogP contribution in [0.2, 0.25) is 0 Å². The van der Waals surface area contributed by atoms with Gasteiger partial charge in [-0.2, -0.15) is 0 Å². The second-order valence-corrected chi connectivity index (χ2v) is 9.22. The van der Waals surface area contributed by atoms with Crippen LogP contribution < -0.4 is 0 Å². The number of hydrogen-bond donors (Lipinski definition) is 0. The third kappa shape index (κ3) is 4.98. The summed E-state index contributed by atoms with van der Waals surface area (Å²) in [4.78, 5) is 42.0. The van der Waals surface area contributed by atoms with Crippen LogP contribution in [0.25, 0.3) is 0 Å². The van der Waals surface area contributed by atoms with Gasteiger partial charge in [0.15, 0.2) is 0 Å². The maximum atomic E-state index is 13.3. The van der Waals surface area contributed by atoms with E-state index in [4.69, 9.17) is 4.74 Å². The Bertz CT molecular complexity index is 756. The van der Waals surface area contributed by atoms with Gasteiger partial charge < -0.3 is 14.5 Å². The Balaban J connectivity index is 1.78. The van der Waals surface area contributed by atoms with Crippen LogP contribution in [0.15, 0.2) is 30.3 Å². The molecule has 1 aromatic rings. The Kier molecular flexibility index (Phi) is 6.30. The van der Waals surface area contributed by atoms with Gasteiger partial charge in [-0.1, -0.05) is 31.0 Å². The molecule has 0 bridgehead atoms. The molecule has 158 valence electrons. The molecular weight excluding hydrogens is 368 g/mol. The number of carbonyl (C=O) groups excluding carboxylic acids is 3. The number of likely N-dealkylation sites (N-methyl/N-ethyl adjacent to an activating group) is 1. The molecule has 6 nitrogen and oxygen atoms in total. The topological polar surface area (TPSA) is 66.9 Å². The standard InChI is InChI=1S/C23H32N2O4/c1-23(2,3)29-20(26)15-24(4)22(28)19-14-17-12-8-9-13-18(17)25(19)21(27)16-10-6-5-7-11-16/h5-7,10-11,17-19H,8-9,12-15H2,1-4H3. The van der Waals surface area contributed by atoms with Gasteiger partial charge in [0.1, 0.15) is 18.2 Å². The number of benzene rings is 1. The number of rotatable bonds is 4. The molecule has 0 spiro atoms. The first-order valence-corrected chi connectivity index (χ1v) is 10.5. The number of fused-ring (bicyclic) bond motifs is 1. The van der Waals surface area contributed by atoms with Crippen molar-refractivity contribution >= 4 is 17.8 Å². The Morgan fingerprint density at radius 1 is 1.10 bits per heavy atom. The van der Waals surface area contributed by atoms with Gasteiger partial charge in [-0.05, 0) is 58.1 Å². The van der Waals surface area contributed by atoms with Gasteiger partial charge in [-0.3, -0.25) is 14.4 Å². The molecule has 3 unspecified atom stereocenters. The average molecular weight is 401 g/mol. The lowest BCUT2D eigenvalue weighted by Crippen LogP contribution is -2.51. The van der Waals surface area contributed by atoms with Crippen molar-refractivity contribution in [2.24, 2.45) is 5.92 Å². The largest absolute Gasteiger partial charge is 0.459 e. The summed E-state index contributed by atoms with van der Waals surface area (Å²) in [6.45, 7) is 5.28. The second kappa shape index (κ2) is 8.56. The van der Waals surface area contributed by atoms with Crippen molar-refractivity contribution < 1.29 is 19.1 Å². The fourth-order valence-corrected chi connectivity index (χ4v) is 4.60. The molecule has 1 saturated carbocycles. The zero-order valence-corrected chi connectivity index (χ0v) is 17.9. The molecule has 2 aliphatic rings. The average Bonchev–Trinajstić information content (AvgIpc) is 3.05. The Morgan fingerprint density at radius 3 is 2.41 bits per heavy atom. The minimum atomic E-state index is -0.599. The van der Waals surface area contributed by atoms with Crippen molar-refractivity contribution in [1.82, 2.24) is 9.80 Å². The molecule has 1 aliphatic carbocycles. The highest BCUT2D eigenvalue weighted by atomic mass is 16.6. The molecule has 2 fully saturated rings. The smallest absolute Gasteiger partial charge is 0.326 e. The molecule has 1 aliphatic heterocycles. The van der Waals surface area contributed by atoms with Crippen LogP contribution >= 0.6 is 0 Å². The molecular formula is C23H32N2O4. The predicted octanol–water partition coefficient (Wildman–Crippen LogP) is 3.26. The van der Waals surface area contributed by atoms with Crippen molar-refractivity contribution in [3.05, 3.63) is 35.9 Å². The number of carbonyl (C=O) groups is 3. The van der Waals surface area contributed by atoms with E-state index >= 15 is 0 Å². The van der Waals surface area contributed by atoms with E-state index in [0.29, 0.717) is 17.9 Å². The van der Waals surface area contributed by atoms with Crippen LogP contribution in [0.1, 0.15) is 63.2 Å². The highest BCUT2D eigenvalue weighted by Gasteiger charge is 2.48. The second-order valence-electron chi connectivity index (χ2n) is 9.22. The summed E-state index contributed by atoms with van der Waals surface area (Å²) in [6.07, 6.45) is 4.86. The van der Waals surface area contributed by atoms with Crippen LogP contribution in [0, 0.1) is 5.92 Å². The van der Waals surface area contributed by atoms with E-state index < -0.39 is 17.6 Å². The van der Waals surface area contributed by atoms with Crippen molar-refractivity contribution in [2.75, 3.05) is 13.6 Å². The summed E-state index contributed by atoms with van der Waals surface area (Å²) >= 11 is 0. The fourth-order valence-electron chi connectivity index (χ4n) is 4.60. The molecule has 2 amide bonds. The number of amides is 2. The van der Waals surface area contributed by atoms with Crippen LogP contribution in [0.4, 0.5) is 0 Å². The number of ether oxygens (including phenoxy) is 1. The minimum Gasteiger partial charge on any atom is -0.459 e. The highest BCUT2D eigenvalue weighted by molar-refractivity contribution is 5.98. The summed E-state index contributed by atoms with van der Waals surface area (Å²) in [5, 5.41) is 0. The van der Waals surface area contributed by atoms with Crippen molar-refractivity contribution in [2.45, 2.75) is 70.6 Å². The van der Waals surface area contributed by atoms with Gasteiger partial charge in [0.2, 0.25) is 5.91 Å². The number of esters is 1. The fraction of sp³-hybridized carbons (Fsp3) is 0.609. The quantitative estimate of drug-likeness (QED) is 0.728. The van der Waals surface area contributed by atoms with Crippen molar-refractivity contribution in [3.63, 3.8) is 0 Å². The van der Waals surface area contributed by atoms with E-state index in [1.165, 1.54) is 4.90 Å². The number of nitrogens with zero attached hydrogens (tertiary/aromatic N) is 2. The third-order valence-corrected chi connectivity index (χ3v) is 5.79. The van der Waals surface area contributed by atoms with Gasteiger partial charge in [0, 0.05) is 18.7 Å². The predicted molar refractivity (Wildman–Crippen MR) is 110 cm³/mol.